The van der Waals surface area contributed by atoms with Crippen molar-refractivity contribution in [2.24, 2.45) is 0 Å². The van der Waals surface area contributed by atoms with E-state index in [2.05, 4.69) is 40.0 Å². The number of rotatable bonds is 7. The van der Waals surface area contributed by atoms with Gasteiger partial charge in [-0.05, 0) is 60.8 Å². The summed E-state index contributed by atoms with van der Waals surface area (Å²) in [6, 6.07) is 23.0. The summed E-state index contributed by atoms with van der Waals surface area (Å²) in [5.74, 6) is 0. The van der Waals surface area contributed by atoms with Crippen molar-refractivity contribution in [1.29, 1.82) is 0 Å². The highest BCUT2D eigenvalue weighted by Crippen LogP contribution is 2.18. The number of aliphatic hydroxyl groups excluding tert-OH is 1. The first-order valence-corrected chi connectivity index (χ1v) is 11.9. The van der Waals surface area contributed by atoms with Crippen LogP contribution < -0.4 is 4.72 Å². The van der Waals surface area contributed by atoms with E-state index < -0.39 is 16.1 Å². The number of β-amino-alcohol motifs (C(OH)–C–C–N with tert-alkyl or cyclic N) is 1. The first kappa shape index (κ1) is 21.0. The Bertz CT molecular complexity index is 1080. The van der Waals surface area contributed by atoms with Crippen LogP contribution in [-0.4, -0.2) is 50.2 Å². The van der Waals surface area contributed by atoms with Crippen molar-refractivity contribution in [1.82, 2.24) is 9.62 Å². The normalized spacial score (nSPS) is 17.2. The number of fused-ring (bicyclic) bond motifs is 1. The van der Waals surface area contributed by atoms with Crippen molar-refractivity contribution in [3.05, 3.63) is 78.4 Å². The van der Waals surface area contributed by atoms with Gasteiger partial charge in [0.05, 0.1) is 11.0 Å². The van der Waals surface area contributed by atoms with E-state index in [9.17, 15) is 13.5 Å². The third-order valence-corrected chi connectivity index (χ3v) is 7.25. The van der Waals surface area contributed by atoms with Crippen LogP contribution in [0.1, 0.15) is 18.4 Å². The minimum Gasteiger partial charge on any atom is -0.391 e. The number of hydrogen-bond acceptors (Lipinski definition) is 4. The molecule has 0 radical (unpaired) electrons. The molecule has 0 spiro atoms. The van der Waals surface area contributed by atoms with Gasteiger partial charge >= 0.3 is 0 Å². The second kappa shape index (κ2) is 9.27. The second-order valence-corrected chi connectivity index (χ2v) is 9.76. The summed E-state index contributed by atoms with van der Waals surface area (Å²) in [4.78, 5) is 2.53. The Hall–Kier alpha value is -2.25. The van der Waals surface area contributed by atoms with Crippen LogP contribution in [0.2, 0.25) is 0 Å². The molecule has 158 valence electrons. The Morgan fingerprint density at radius 2 is 1.60 bits per heavy atom. The molecule has 0 bridgehead atoms. The first-order chi connectivity index (χ1) is 14.5. The summed E-state index contributed by atoms with van der Waals surface area (Å²) in [6.07, 6.45) is 1.67. The average Bonchev–Trinajstić information content (AvgIpc) is 2.75. The molecule has 1 heterocycles. The average molecular weight is 425 g/mol. The van der Waals surface area contributed by atoms with Crippen molar-refractivity contribution in [3.8, 4) is 0 Å². The maximum Gasteiger partial charge on any atom is 0.240 e. The van der Waals surface area contributed by atoms with Gasteiger partial charge in [-0.1, -0.05) is 60.7 Å². The van der Waals surface area contributed by atoms with E-state index in [0.29, 0.717) is 17.9 Å². The van der Waals surface area contributed by atoms with E-state index in [1.807, 2.05) is 12.1 Å². The number of benzene rings is 3. The molecule has 3 aromatic carbocycles. The number of nitrogens with zero attached hydrogens (tertiary/aromatic N) is 1. The van der Waals surface area contributed by atoms with E-state index in [0.717, 1.165) is 31.5 Å². The van der Waals surface area contributed by atoms with Crippen LogP contribution in [0.3, 0.4) is 0 Å². The van der Waals surface area contributed by atoms with E-state index in [1.54, 1.807) is 30.3 Å². The molecule has 6 heteroatoms. The zero-order valence-corrected chi connectivity index (χ0v) is 17.8. The number of likely N-dealkylation sites (tertiary alicyclic amines) is 1. The minimum absolute atomic E-state index is 0.0657. The Kier molecular flexibility index (Phi) is 6.49. The molecule has 30 heavy (non-hydrogen) atoms. The predicted octanol–water partition coefficient (Wildman–Crippen LogP) is 3.19. The summed E-state index contributed by atoms with van der Waals surface area (Å²) in [6.45, 7) is 2.15. The van der Waals surface area contributed by atoms with E-state index in [1.165, 1.54) is 10.8 Å². The van der Waals surface area contributed by atoms with Crippen LogP contribution in [0.5, 0.6) is 0 Å². The minimum atomic E-state index is -3.48. The van der Waals surface area contributed by atoms with Gasteiger partial charge < -0.3 is 10.0 Å². The third kappa shape index (κ3) is 5.26. The van der Waals surface area contributed by atoms with E-state index in [-0.39, 0.29) is 6.04 Å². The molecule has 2 N–H and O–H groups in total. The van der Waals surface area contributed by atoms with E-state index in [4.69, 9.17) is 0 Å². The molecule has 0 aliphatic carbocycles. The summed E-state index contributed by atoms with van der Waals surface area (Å²) < 4.78 is 27.8. The van der Waals surface area contributed by atoms with Crippen LogP contribution in [0.15, 0.2) is 77.7 Å². The quantitative estimate of drug-likeness (QED) is 0.611. The molecule has 1 fully saturated rings. The fraction of sp³-hybridized carbons (Fsp3) is 0.333. The van der Waals surface area contributed by atoms with Gasteiger partial charge in [0.25, 0.3) is 0 Å². The molecule has 1 atom stereocenters. The van der Waals surface area contributed by atoms with Gasteiger partial charge in [-0.2, -0.15) is 0 Å². The fourth-order valence-electron chi connectivity index (χ4n) is 4.12. The number of hydrogen-bond donors (Lipinski definition) is 2. The fourth-order valence-corrected chi connectivity index (χ4v) is 5.45. The number of piperidine rings is 1. The van der Waals surface area contributed by atoms with Crippen molar-refractivity contribution in [2.45, 2.75) is 36.3 Å². The molecule has 3 aromatic rings. The zero-order chi connectivity index (χ0) is 21.0. The first-order valence-electron chi connectivity index (χ1n) is 10.4. The highest BCUT2D eigenvalue weighted by molar-refractivity contribution is 7.89. The monoisotopic (exact) mass is 424 g/mol. The Balaban J connectivity index is 1.27. The van der Waals surface area contributed by atoms with Gasteiger partial charge in [0.2, 0.25) is 10.0 Å². The summed E-state index contributed by atoms with van der Waals surface area (Å²) >= 11 is 0. The molecular weight excluding hydrogens is 396 g/mol. The predicted molar refractivity (Wildman–Crippen MR) is 120 cm³/mol. The van der Waals surface area contributed by atoms with Gasteiger partial charge in [0.1, 0.15) is 0 Å². The Morgan fingerprint density at radius 1 is 0.933 bits per heavy atom. The zero-order valence-electron chi connectivity index (χ0n) is 16.9. The summed E-state index contributed by atoms with van der Waals surface area (Å²) in [5.41, 5.74) is 1.13. The van der Waals surface area contributed by atoms with E-state index >= 15 is 0 Å². The lowest BCUT2D eigenvalue weighted by Gasteiger charge is -2.33. The second-order valence-electron chi connectivity index (χ2n) is 8.05. The molecule has 5 nitrogen and oxygen atoms in total. The summed E-state index contributed by atoms with van der Waals surface area (Å²) in [7, 11) is -3.48. The van der Waals surface area contributed by atoms with Gasteiger partial charge in [-0.3, -0.25) is 0 Å². The molecule has 1 aliphatic rings. The smallest absolute Gasteiger partial charge is 0.240 e. The van der Waals surface area contributed by atoms with Crippen molar-refractivity contribution in [2.75, 3.05) is 19.6 Å². The van der Waals surface area contributed by atoms with Crippen molar-refractivity contribution >= 4 is 20.8 Å². The Morgan fingerprint density at radius 3 is 2.33 bits per heavy atom. The lowest BCUT2D eigenvalue weighted by Crippen LogP contribution is -2.46. The summed E-state index contributed by atoms with van der Waals surface area (Å²) in [5, 5.41) is 13.0. The van der Waals surface area contributed by atoms with Crippen LogP contribution in [0.25, 0.3) is 10.8 Å². The number of nitrogens with one attached hydrogen (secondary N) is 1. The molecule has 0 unspecified atom stereocenters. The number of sulfonamides is 1. The number of aliphatic hydroxyl groups is 1. The van der Waals surface area contributed by atoms with Gasteiger partial charge in [0, 0.05) is 12.6 Å². The van der Waals surface area contributed by atoms with Crippen LogP contribution >= 0.6 is 0 Å². The van der Waals surface area contributed by atoms with Gasteiger partial charge in [-0.15, -0.1) is 0 Å². The van der Waals surface area contributed by atoms with Crippen LogP contribution in [-0.2, 0) is 16.4 Å². The highest BCUT2D eigenvalue weighted by Gasteiger charge is 2.25. The molecule has 1 aliphatic heterocycles. The standard InChI is InChI=1S/C24H28N2O3S/c27-23(17-19-10-11-20-6-4-5-7-21(20)16-19)18-26-14-12-22(13-15-26)25-30(28,29)24-8-2-1-3-9-24/h1-11,16,22-23,25,27H,12-15,17-18H2/t23-/m1/s1. The topological polar surface area (TPSA) is 69.6 Å². The molecule has 0 saturated carbocycles. The van der Waals surface area contributed by atoms with Crippen LogP contribution in [0.4, 0.5) is 0 Å². The van der Waals surface area contributed by atoms with Crippen LogP contribution in [0, 0.1) is 0 Å². The molecule has 0 amide bonds. The lowest BCUT2D eigenvalue weighted by molar-refractivity contribution is 0.0962. The maximum atomic E-state index is 12.5. The van der Waals surface area contributed by atoms with Gasteiger partial charge in [0.15, 0.2) is 0 Å². The molecular formula is C24H28N2O3S. The molecule has 1 saturated heterocycles. The molecule has 0 aromatic heterocycles. The molecule has 4 rings (SSSR count). The third-order valence-electron chi connectivity index (χ3n) is 5.72. The Labute approximate surface area is 178 Å². The SMILES string of the molecule is O=S(=O)(NC1CCN(C[C@H](O)Cc2ccc3ccccc3c2)CC1)c1ccccc1. The van der Waals surface area contributed by atoms with Crippen molar-refractivity contribution in [3.63, 3.8) is 0 Å². The van der Waals surface area contributed by atoms with Gasteiger partial charge in [-0.25, -0.2) is 13.1 Å². The maximum absolute atomic E-state index is 12.5. The highest BCUT2D eigenvalue weighted by atomic mass is 32.2. The largest absolute Gasteiger partial charge is 0.391 e. The lowest BCUT2D eigenvalue weighted by atomic mass is 10.0. The van der Waals surface area contributed by atoms with Crippen molar-refractivity contribution < 1.29 is 13.5 Å².